The van der Waals surface area contributed by atoms with E-state index in [9.17, 15) is 8.42 Å². The van der Waals surface area contributed by atoms with Gasteiger partial charge in [0.15, 0.2) is 0 Å². The Hall–Kier alpha value is -1.63. The minimum atomic E-state index is -3.42. The second-order valence-electron chi connectivity index (χ2n) is 7.00. The first-order valence-electron chi connectivity index (χ1n) is 8.56. The van der Waals surface area contributed by atoms with E-state index in [2.05, 4.69) is 37.0 Å². The van der Waals surface area contributed by atoms with Gasteiger partial charge >= 0.3 is 0 Å². The number of benzene rings is 1. The number of fused-ring (bicyclic) bond motifs is 3. The molecule has 0 atom stereocenters. The Kier molecular flexibility index (Phi) is 4.02. The molecule has 132 valence electrons. The van der Waals surface area contributed by atoms with E-state index < -0.39 is 10.0 Å². The molecule has 4 nitrogen and oxygen atoms in total. The summed E-state index contributed by atoms with van der Waals surface area (Å²) >= 11 is 1.34. The molecule has 1 aromatic carbocycles. The highest BCUT2D eigenvalue weighted by atomic mass is 32.2. The van der Waals surface area contributed by atoms with Crippen LogP contribution in [0.3, 0.4) is 0 Å². The van der Waals surface area contributed by atoms with Crippen molar-refractivity contribution < 1.29 is 8.42 Å². The molecular weight excluding hydrogens is 352 g/mol. The monoisotopic (exact) mass is 374 g/mol. The van der Waals surface area contributed by atoms with Crippen LogP contribution in [0.5, 0.6) is 0 Å². The molecule has 2 aromatic heterocycles. The standard InChI is InChI=1S/C19H22N2O2S2/c1-12(2)14-5-6-17-15(10-14)16-11-21(9-8-18(16)20-17)25(22,23)19-7-4-13(3)24-19/h4-7,10,12,20H,8-9,11H2,1-3H3. The van der Waals surface area contributed by atoms with Crippen LogP contribution in [0.15, 0.2) is 34.5 Å². The second-order valence-corrected chi connectivity index (χ2v) is 10.4. The van der Waals surface area contributed by atoms with Gasteiger partial charge in [0.2, 0.25) is 0 Å². The van der Waals surface area contributed by atoms with Crippen LogP contribution in [0.2, 0.25) is 0 Å². The summed E-state index contributed by atoms with van der Waals surface area (Å²) in [6.07, 6.45) is 0.727. The maximum Gasteiger partial charge on any atom is 0.252 e. The Morgan fingerprint density at radius 3 is 2.68 bits per heavy atom. The van der Waals surface area contributed by atoms with Gasteiger partial charge in [0.1, 0.15) is 4.21 Å². The van der Waals surface area contributed by atoms with Gasteiger partial charge in [-0.25, -0.2) is 8.42 Å². The Morgan fingerprint density at radius 2 is 2.00 bits per heavy atom. The molecule has 0 saturated carbocycles. The predicted molar refractivity (Wildman–Crippen MR) is 103 cm³/mol. The lowest BCUT2D eigenvalue weighted by atomic mass is 9.99. The predicted octanol–water partition coefficient (Wildman–Crippen LogP) is 4.41. The van der Waals surface area contributed by atoms with E-state index in [1.165, 1.54) is 22.6 Å². The molecule has 1 aliphatic rings. The van der Waals surface area contributed by atoms with Crippen LogP contribution < -0.4 is 0 Å². The van der Waals surface area contributed by atoms with Crippen molar-refractivity contribution in [3.05, 3.63) is 52.0 Å². The minimum Gasteiger partial charge on any atom is -0.358 e. The molecule has 0 fully saturated rings. The molecule has 3 heterocycles. The topological polar surface area (TPSA) is 53.2 Å². The third kappa shape index (κ3) is 2.82. The lowest BCUT2D eigenvalue weighted by Crippen LogP contribution is -2.35. The molecule has 3 aromatic rings. The number of aromatic amines is 1. The highest BCUT2D eigenvalue weighted by Gasteiger charge is 2.31. The molecule has 0 spiro atoms. The van der Waals surface area contributed by atoms with Crippen LogP contribution in [0, 0.1) is 6.92 Å². The van der Waals surface area contributed by atoms with Crippen LogP contribution in [0.4, 0.5) is 0 Å². The van der Waals surface area contributed by atoms with Gasteiger partial charge in [0, 0.05) is 41.0 Å². The summed E-state index contributed by atoms with van der Waals surface area (Å²) in [7, 11) is -3.42. The summed E-state index contributed by atoms with van der Waals surface area (Å²) in [5.74, 6) is 0.451. The summed E-state index contributed by atoms with van der Waals surface area (Å²) in [4.78, 5) is 4.50. The number of sulfonamides is 1. The normalized spacial score (nSPS) is 15.8. The number of hydrogen-bond acceptors (Lipinski definition) is 3. The first-order valence-corrected chi connectivity index (χ1v) is 10.8. The zero-order chi connectivity index (χ0) is 17.8. The fourth-order valence-electron chi connectivity index (χ4n) is 3.45. The van der Waals surface area contributed by atoms with Crippen LogP contribution >= 0.6 is 11.3 Å². The summed E-state index contributed by atoms with van der Waals surface area (Å²) < 4.78 is 28.0. The number of nitrogens with one attached hydrogen (secondary N) is 1. The number of nitrogens with zero attached hydrogens (tertiary/aromatic N) is 1. The van der Waals surface area contributed by atoms with Crippen LogP contribution in [0.25, 0.3) is 10.9 Å². The van der Waals surface area contributed by atoms with Crippen LogP contribution in [-0.4, -0.2) is 24.3 Å². The lowest BCUT2D eigenvalue weighted by molar-refractivity contribution is 0.392. The summed E-state index contributed by atoms with van der Waals surface area (Å²) in [6, 6.07) is 10.1. The lowest BCUT2D eigenvalue weighted by Gasteiger charge is -2.26. The Bertz CT molecular complexity index is 1040. The first kappa shape index (κ1) is 16.8. The first-order chi connectivity index (χ1) is 11.9. The molecule has 0 amide bonds. The Morgan fingerprint density at radius 1 is 1.20 bits per heavy atom. The molecule has 1 N–H and O–H groups in total. The van der Waals surface area contributed by atoms with Crippen molar-refractivity contribution in [2.75, 3.05) is 6.54 Å². The molecule has 0 bridgehead atoms. The zero-order valence-electron chi connectivity index (χ0n) is 14.7. The molecule has 0 saturated heterocycles. The van der Waals surface area contributed by atoms with E-state index in [1.54, 1.807) is 10.4 Å². The van der Waals surface area contributed by atoms with Crippen LogP contribution in [-0.2, 0) is 23.0 Å². The molecule has 4 rings (SSSR count). The molecule has 25 heavy (non-hydrogen) atoms. The molecule has 0 unspecified atom stereocenters. The summed E-state index contributed by atoms with van der Waals surface area (Å²) in [5, 5.41) is 1.16. The Labute approximate surface area is 152 Å². The number of H-pyrrole nitrogens is 1. The molecule has 1 aliphatic heterocycles. The maximum absolute atomic E-state index is 13.0. The molecule has 0 aliphatic carbocycles. The van der Waals surface area contributed by atoms with E-state index in [1.807, 2.05) is 13.0 Å². The fraction of sp³-hybridized carbons (Fsp3) is 0.368. The number of aryl methyl sites for hydroxylation is 1. The van der Waals surface area contributed by atoms with Gasteiger partial charge in [-0.15, -0.1) is 11.3 Å². The third-order valence-corrected chi connectivity index (χ3v) is 8.25. The van der Waals surface area contributed by atoms with E-state index in [-0.39, 0.29) is 0 Å². The van der Waals surface area contributed by atoms with Crippen molar-refractivity contribution in [1.82, 2.24) is 9.29 Å². The van der Waals surface area contributed by atoms with Crippen molar-refractivity contribution in [1.29, 1.82) is 0 Å². The van der Waals surface area contributed by atoms with Crippen molar-refractivity contribution in [2.24, 2.45) is 0 Å². The molecule has 0 radical (unpaired) electrons. The van der Waals surface area contributed by atoms with Crippen LogP contribution in [0.1, 0.15) is 41.5 Å². The number of hydrogen-bond donors (Lipinski definition) is 1. The molecular formula is C19H22N2O2S2. The van der Waals surface area contributed by atoms with Gasteiger partial charge in [-0.2, -0.15) is 4.31 Å². The summed E-state index contributed by atoms with van der Waals surface area (Å²) in [6.45, 7) is 7.25. The summed E-state index contributed by atoms with van der Waals surface area (Å²) in [5.41, 5.74) is 4.68. The van der Waals surface area contributed by atoms with Crippen molar-refractivity contribution in [2.45, 2.75) is 43.9 Å². The van der Waals surface area contributed by atoms with E-state index in [4.69, 9.17) is 0 Å². The number of aromatic nitrogens is 1. The number of thiophene rings is 1. The SMILES string of the molecule is Cc1ccc(S(=O)(=O)N2CCc3[nH]c4ccc(C(C)C)cc4c3C2)s1. The smallest absolute Gasteiger partial charge is 0.252 e. The van der Waals surface area contributed by atoms with Gasteiger partial charge in [0.05, 0.1) is 0 Å². The van der Waals surface area contributed by atoms with Gasteiger partial charge in [-0.1, -0.05) is 19.9 Å². The maximum atomic E-state index is 13.0. The van der Waals surface area contributed by atoms with E-state index in [0.29, 0.717) is 23.2 Å². The zero-order valence-corrected chi connectivity index (χ0v) is 16.3. The highest BCUT2D eigenvalue weighted by molar-refractivity contribution is 7.91. The minimum absolute atomic E-state index is 0.441. The van der Waals surface area contributed by atoms with E-state index in [0.717, 1.165) is 27.8 Å². The fourth-order valence-corrected chi connectivity index (χ4v) is 6.30. The largest absolute Gasteiger partial charge is 0.358 e. The third-order valence-electron chi connectivity index (χ3n) is 4.94. The number of rotatable bonds is 3. The van der Waals surface area contributed by atoms with Gasteiger partial charge < -0.3 is 4.98 Å². The van der Waals surface area contributed by atoms with Gasteiger partial charge in [0.25, 0.3) is 10.0 Å². The Balaban J connectivity index is 1.75. The molecule has 6 heteroatoms. The van der Waals surface area contributed by atoms with Crippen molar-refractivity contribution in [3.8, 4) is 0 Å². The second kappa shape index (κ2) is 5.97. The average Bonchev–Trinajstić information content (AvgIpc) is 3.17. The highest BCUT2D eigenvalue weighted by Crippen LogP contribution is 2.33. The van der Waals surface area contributed by atoms with Crippen molar-refractivity contribution >= 4 is 32.3 Å². The van der Waals surface area contributed by atoms with Crippen molar-refractivity contribution in [3.63, 3.8) is 0 Å². The van der Waals surface area contributed by atoms with Gasteiger partial charge in [-0.3, -0.25) is 0 Å². The quantitative estimate of drug-likeness (QED) is 0.738. The average molecular weight is 375 g/mol. The van der Waals surface area contributed by atoms with E-state index >= 15 is 0 Å². The van der Waals surface area contributed by atoms with Gasteiger partial charge in [-0.05, 0) is 48.2 Å².